The molecule has 2 aliphatic rings. The van der Waals surface area contributed by atoms with E-state index < -0.39 is 9.84 Å². The number of nitrogens with zero attached hydrogens (tertiary/aromatic N) is 3. The van der Waals surface area contributed by atoms with Crippen LogP contribution in [0.5, 0.6) is 0 Å². The van der Waals surface area contributed by atoms with Gasteiger partial charge in [0.05, 0.1) is 19.0 Å². The van der Waals surface area contributed by atoms with Crippen molar-refractivity contribution in [3.05, 3.63) is 40.7 Å². The van der Waals surface area contributed by atoms with Gasteiger partial charge >= 0.3 is 0 Å². The number of hydrogen-bond acceptors (Lipinski definition) is 5. The van der Waals surface area contributed by atoms with E-state index in [4.69, 9.17) is 4.74 Å². The number of fused-ring (bicyclic) bond motifs is 1. The molecule has 122 valence electrons. The van der Waals surface area contributed by atoms with Crippen molar-refractivity contribution in [1.82, 2.24) is 14.8 Å². The Kier molecular flexibility index (Phi) is 3.50. The summed E-state index contributed by atoms with van der Waals surface area (Å²) < 4.78 is 32.5. The topological polar surface area (TPSA) is 74.1 Å². The van der Waals surface area contributed by atoms with Crippen LogP contribution in [0.4, 0.5) is 0 Å². The van der Waals surface area contributed by atoms with Crippen molar-refractivity contribution in [3.63, 3.8) is 0 Å². The summed E-state index contributed by atoms with van der Waals surface area (Å²) in [5, 5.41) is 8.07. The van der Waals surface area contributed by atoms with Crippen LogP contribution >= 0.6 is 0 Å². The summed E-state index contributed by atoms with van der Waals surface area (Å²) in [4.78, 5) is 0. The molecule has 6 nitrogen and oxygen atoms in total. The molecule has 1 aliphatic heterocycles. The average Bonchev–Trinajstić information content (AvgIpc) is 3.29. The van der Waals surface area contributed by atoms with Gasteiger partial charge in [-0.2, -0.15) is 0 Å². The summed E-state index contributed by atoms with van der Waals surface area (Å²) >= 11 is 0. The van der Waals surface area contributed by atoms with Crippen LogP contribution in [0.25, 0.3) is 0 Å². The Morgan fingerprint density at radius 2 is 2.09 bits per heavy atom. The number of rotatable bonds is 4. The normalized spacial score (nSPS) is 18.0. The molecule has 0 bridgehead atoms. The number of benzene rings is 1. The molecule has 0 unspecified atom stereocenters. The highest BCUT2D eigenvalue weighted by atomic mass is 32.2. The fraction of sp³-hybridized carbons (Fsp3) is 0.500. The van der Waals surface area contributed by atoms with E-state index >= 15 is 0 Å². The van der Waals surface area contributed by atoms with Gasteiger partial charge in [-0.05, 0) is 36.0 Å². The van der Waals surface area contributed by atoms with Gasteiger partial charge in [-0.25, -0.2) is 8.42 Å². The smallest absolute Gasteiger partial charge is 0.249 e. The van der Waals surface area contributed by atoms with E-state index in [0.29, 0.717) is 12.5 Å². The van der Waals surface area contributed by atoms with Crippen LogP contribution < -0.4 is 0 Å². The van der Waals surface area contributed by atoms with E-state index in [9.17, 15) is 8.42 Å². The van der Waals surface area contributed by atoms with Gasteiger partial charge < -0.3 is 9.30 Å². The maximum Gasteiger partial charge on any atom is 0.249 e. The molecule has 7 heteroatoms. The molecular weight excluding hydrogens is 314 g/mol. The molecular formula is C16H19N3O3S. The molecule has 1 saturated carbocycles. The second-order valence-corrected chi connectivity index (χ2v) is 8.22. The Morgan fingerprint density at radius 1 is 1.26 bits per heavy atom. The molecule has 1 aliphatic carbocycles. The third kappa shape index (κ3) is 2.79. The lowest BCUT2D eigenvalue weighted by Gasteiger charge is -2.17. The van der Waals surface area contributed by atoms with Crippen LogP contribution in [0.2, 0.25) is 0 Å². The van der Waals surface area contributed by atoms with Crippen LogP contribution in [-0.2, 0) is 40.4 Å². The van der Waals surface area contributed by atoms with Crippen molar-refractivity contribution in [3.8, 4) is 0 Å². The van der Waals surface area contributed by atoms with Gasteiger partial charge in [0.25, 0.3) is 0 Å². The fourth-order valence-electron chi connectivity index (χ4n) is 3.09. The molecule has 1 fully saturated rings. The van der Waals surface area contributed by atoms with Gasteiger partial charge in [0, 0.05) is 13.0 Å². The molecule has 0 amide bonds. The van der Waals surface area contributed by atoms with Crippen LogP contribution in [0.3, 0.4) is 0 Å². The molecule has 1 aromatic heterocycles. The summed E-state index contributed by atoms with van der Waals surface area (Å²) in [7, 11) is -1.77. The molecule has 1 aromatic carbocycles. The highest BCUT2D eigenvalue weighted by Crippen LogP contribution is 2.39. The lowest BCUT2D eigenvalue weighted by atomic mass is 10.0. The minimum atomic E-state index is -3.51. The average molecular weight is 333 g/mol. The molecule has 23 heavy (non-hydrogen) atoms. The molecule has 0 atom stereocenters. The Bertz CT molecular complexity index is 853. The summed E-state index contributed by atoms with van der Waals surface area (Å²) in [5.41, 5.74) is 3.10. The summed E-state index contributed by atoms with van der Waals surface area (Å²) in [6, 6.07) is 5.83. The highest BCUT2D eigenvalue weighted by molar-refractivity contribution is 7.90. The quantitative estimate of drug-likeness (QED) is 0.852. The van der Waals surface area contributed by atoms with E-state index in [1.807, 2.05) is 18.2 Å². The van der Waals surface area contributed by atoms with Crippen molar-refractivity contribution >= 4 is 9.84 Å². The van der Waals surface area contributed by atoms with Gasteiger partial charge in [-0.3, -0.25) is 0 Å². The van der Waals surface area contributed by atoms with Gasteiger partial charge in [0.2, 0.25) is 15.0 Å². The summed E-state index contributed by atoms with van der Waals surface area (Å²) in [6.45, 7) is 1.28. The first-order valence-electron chi connectivity index (χ1n) is 7.85. The second kappa shape index (κ2) is 5.42. The van der Waals surface area contributed by atoms with Crippen molar-refractivity contribution in [2.24, 2.45) is 7.05 Å². The number of sulfone groups is 1. The molecule has 2 heterocycles. The van der Waals surface area contributed by atoms with Gasteiger partial charge in [0.15, 0.2) is 0 Å². The zero-order chi connectivity index (χ0) is 16.0. The first-order valence-corrected chi connectivity index (χ1v) is 9.50. The SMILES string of the molecule is Cn1c(C2CC2)nnc1S(=O)(=O)Cc1ccc2c(c1)COCC2. The third-order valence-electron chi connectivity index (χ3n) is 4.49. The fourth-order valence-corrected chi connectivity index (χ4v) is 4.51. The van der Waals surface area contributed by atoms with Gasteiger partial charge in [0.1, 0.15) is 5.82 Å². The van der Waals surface area contributed by atoms with Gasteiger partial charge in [-0.1, -0.05) is 18.2 Å². The van der Waals surface area contributed by atoms with Crippen LogP contribution in [0.1, 0.15) is 41.3 Å². The van der Waals surface area contributed by atoms with Crippen molar-refractivity contribution in [1.29, 1.82) is 0 Å². The summed E-state index contributed by atoms with van der Waals surface area (Å²) in [6.07, 6.45) is 3.02. The van der Waals surface area contributed by atoms with E-state index in [-0.39, 0.29) is 10.9 Å². The molecule has 4 rings (SSSR count). The van der Waals surface area contributed by atoms with E-state index in [1.54, 1.807) is 11.6 Å². The number of aromatic nitrogens is 3. The first-order chi connectivity index (χ1) is 11.0. The van der Waals surface area contributed by atoms with E-state index in [0.717, 1.165) is 42.8 Å². The molecule has 2 aromatic rings. The number of hydrogen-bond donors (Lipinski definition) is 0. The Balaban J connectivity index is 1.62. The summed E-state index contributed by atoms with van der Waals surface area (Å²) in [5.74, 6) is 1.09. The van der Waals surface area contributed by atoms with Crippen LogP contribution in [0.15, 0.2) is 23.4 Å². The van der Waals surface area contributed by atoms with Crippen molar-refractivity contribution < 1.29 is 13.2 Å². The van der Waals surface area contributed by atoms with Crippen molar-refractivity contribution in [2.75, 3.05) is 6.61 Å². The first kappa shape index (κ1) is 14.8. The zero-order valence-electron chi connectivity index (χ0n) is 13.0. The minimum absolute atomic E-state index is 0.0586. The lowest BCUT2D eigenvalue weighted by Crippen LogP contribution is -2.14. The standard InChI is InChI=1S/C16H19N3O3S/c1-19-15(13-4-5-13)17-18-16(19)23(20,21)10-11-2-3-12-6-7-22-9-14(12)8-11/h2-3,8,13H,4-7,9-10H2,1H3. The maximum absolute atomic E-state index is 12.7. The van der Waals surface area contributed by atoms with E-state index in [1.165, 1.54) is 5.56 Å². The molecule has 0 N–H and O–H groups in total. The zero-order valence-corrected chi connectivity index (χ0v) is 13.8. The molecule has 0 spiro atoms. The second-order valence-electron chi connectivity index (χ2n) is 6.34. The lowest BCUT2D eigenvalue weighted by molar-refractivity contribution is 0.110. The minimum Gasteiger partial charge on any atom is -0.376 e. The van der Waals surface area contributed by atoms with Crippen LogP contribution in [-0.4, -0.2) is 29.8 Å². The predicted molar refractivity (Wildman–Crippen MR) is 83.7 cm³/mol. The Morgan fingerprint density at radius 3 is 2.87 bits per heavy atom. The third-order valence-corrected chi connectivity index (χ3v) is 6.12. The number of ether oxygens (including phenoxy) is 1. The Labute approximate surface area is 135 Å². The van der Waals surface area contributed by atoms with E-state index in [2.05, 4.69) is 10.2 Å². The largest absolute Gasteiger partial charge is 0.376 e. The van der Waals surface area contributed by atoms with Crippen LogP contribution in [0, 0.1) is 0 Å². The molecule has 0 saturated heterocycles. The predicted octanol–water partition coefficient (Wildman–Crippen LogP) is 1.74. The Hall–Kier alpha value is -1.73. The highest BCUT2D eigenvalue weighted by Gasteiger charge is 2.32. The molecule has 0 radical (unpaired) electrons. The van der Waals surface area contributed by atoms with Crippen molar-refractivity contribution in [2.45, 2.75) is 42.7 Å². The van der Waals surface area contributed by atoms with Gasteiger partial charge in [-0.15, -0.1) is 10.2 Å². The maximum atomic E-state index is 12.7. The monoisotopic (exact) mass is 333 g/mol.